The van der Waals surface area contributed by atoms with Gasteiger partial charge in [-0.2, -0.15) is 9.61 Å². The molecule has 1 aliphatic carbocycles. The number of carbonyl (C=O) groups is 3. The van der Waals surface area contributed by atoms with Crippen LogP contribution in [-0.2, 0) is 19.1 Å². The summed E-state index contributed by atoms with van der Waals surface area (Å²) in [4.78, 5) is 42.1. The minimum atomic E-state index is -0.973. The fourth-order valence-corrected chi connectivity index (χ4v) is 3.92. The smallest absolute Gasteiger partial charge is 0.435 e. The van der Waals surface area contributed by atoms with Gasteiger partial charge in [-0.25, -0.2) is 19.1 Å². The number of imide groups is 1. The number of benzene rings is 1. The number of likely N-dealkylation sites (tertiary alicyclic amines) is 1. The van der Waals surface area contributed by atoms with Gasteiger partial charge in [-0.1, -0.05) is 11.6 Å². The topological polar surface area (TPSA) is 127 Å². The zero-order valence-corrected chi connectivity index (χ0v) is 20.4. The number of carbonyl (C=O) groups excluding carboxylic acids is 3. The van der Waals surface area contributed by atoms with Crippen molar-refractivity contribution in [2.24, 2.45) is 0 Å². The van der Waals surface area contributed by atoms with Crippen LogP contribution in [0.15, 0.2) is 36.0 Å². The molecule has 2 aliphatic rings. The molecule has 11 nitrogen and oxygen atoms in total. The Morgan fingerprint density at radius 2 is 2.08 bits per heavy atom. The maximum Gasteiger partial charge on any atom is 0.510 e. The summed E-state index contributed by atoms with van der Waals surface area (Å²) in [5, 5.41) is 11.1. The van der Waals surface area contributed by atoms with Crippen molar-refractivity contribution in [1.82, 2.24) is 19.5 Å². The van der Waals surface area contributed by atoms with E-state index in [0.717, 1.165) is 17.7 Å². The second-order valence-corrected chi connectivity index (χ2v) is 8.90. The Balaban J connectivity index is 1.46. The van der Waals surface area contributed by atoms with E-state index in [1.807, 2.05) is 0 Å². The van der Waals surface area contributed by atoms with E-state index in [-0.39, 0.29) is 30.3 Å². The van der Waals surface area contributed by atoms with Crippen molar-refractivity contribution in [2.45, 2.75) is 32.2 Å². The summed E-state index contributed by atoms with van der Waals surface area (Å²) < 4.78 is 25.4. The van der Waals surface area contributed by atoms with Gasteiger partial charge in [0.25, 0.3) is 5.91 Å². The van der Waals surface area contributed by atoms with E-state index < -0.39 is 30.5 Å². The number of anilines is 3. The summed E-state index contributed by atoms with van der Waals surface area (Å²) in [6, 6.07) is 6.14. The van der Waals surface area contributed by atoms with E-state index in [0.29, 0.717) is 27.9 Å². The molecule has 0 radical (unpaired) electrons. The molecule has 5 rings (SSSR count). The van der Waals surface area contributed by atoms with Gasteiger partial charge in [-0.05, 0) is 44.0 Å². The van der Waals surface area contributed by atoms with Crippen molar-refractivity contribution in [2.75, 3.05) is 24.0 Å². The largest absolute Gasteiger partial charge is 0.510 e. The number of ether oxygens (including phenoxy) is 2. The number of aromatic nitrogens is 3. The fraction of sp³-hybridized carbons (Fsp3) is 0.292. The molecular formula is C24H22ClFN6O5. The number of hydrogen-bond acceptors (Lipinski definition) is 9. The Morgan fingerprint density at radius 1 is 1.27 bits per heavy atom. The summed E-state index contributed by atoms with van der Waals surface area (Å²) in [6.45, 7) is 1.16. The Labute approximate surface area is 215 Å². The lowest BCUT2D eigenvalue weighted by Crippen LogP contribution is -2.33. The highest BCUT2D eigenvalue weighted by Crippen LogP contribution is 2.30. The van der Waals surface area contributed by atoms with Crippen LogP contribution in [0.4, 0.5) is 26.5 Å². The van der Waals surface area contributed by atoms with Crippen LogP contribution in [0, 0.1) is 5.82 Å². The molecule has 0 unspecified atom stereocenters. The molecule has 0 atom stereocenters. The molecule has 1 aliphatic heterocycles. The first-order valence-electron chi connectivity index (χ1n) is 11.5. The molecule has 3 heterocycles. The van der Waals surface area contributed by atoms with E-state index in [2.05, 4.69) is 25.5 Å². The van der Waals surface area contributed by atoms with Crippen LogP contribution in [0.1, 0.15) is 31.7 Å². The Bertz CT molecular complexity index is 1440. The Hall–Kier alpha value is -4.19. The number of nitrogens with one attached hydrogen (secondary N) is 2. The van der Waals surface area contributed by atoms with Crippen LogP contribution in [0.5, 0.6) is 0 Å². The maximum atomic E-state index is 14.3. The molecule has 2 aromatic heterocycles. The molecular weight excluding hydrogens is 507 g/mol. The van der Waals surface area contributed by atoms with Gasteiger partial charge in [0, 0.05) is 28.3 Å². The highest BCUT2D eigenvalue weighted by Gasteiger charge is 2.35. The monoisotopic (exact) mass is 528 g/mol. The molecule has 1 saturated heterocycles. The molecule has 0 spiro atoms. The van der Waals surface area contributed by atoms with Crippen LogP contribution in [0.25, 0.3) is 11.7 Å². The van der Waals surface area contributed by atoms with E-state index in [1.165, 1.54) is 30.5 Å². The number of amides is 2. The maximum absolute atomic E-state index is 14.3. The molecule has 2 fully saturated rings. The Kier molecular flexibility index (Phi) is 6.66. The number of nitrogens with zero attached hydrogens (tertiary/aromatic N) is 4. The molecule has 2 amide bonds. The van der Waals surface area contributed by atoms with Crippen LogP contribution < -0.4 is 10.6 Å². The van der Waals surface area contributed by atoms with Crippen molar-refractivity contribution >= 4 is 58.6 Å². The Morgan fingerprint density at radius 3 is 2.84 bits per heavy atom. The molecule has 0 bridgehead atoms. The third kappa shape index (κ3) is 5.33. The van der Waals surface area contributed by atoms with Crippen LogP contribution >= 0.6 is 11.6 Å². The van der Waals surface area contributed by atoms with Gasteiger partial charge in [-0.3, -0.25) is 9.59 Å². The highest BCUT2D eigenvalue weighted by atomic mass is 35.5. The van der Waals surface area contributed by atoms with Crippen LogP contribution in [0.3, 0.4) is 0 Å². The average molecular weight is 529 g/mol. The molecule has 1 aromatic carbocycles. The van der Waals surface area contributed by atoms with Crippen molar-refractivity contribution < 1.29 is 28.2 Å². The zero-order valence-electron chi connectivity index (χ0n) is 19.7. The van der Waals surface area contributed by atoms with Crippen LogP contribution in [0.2, 0.25) is 5.02 Å². The molecule has 1 saturated carbocycles. The zero-order chi connectivity index (χ0) is 26.1. The highest BCUT2D eigenvalue weighted by molar-refractivity contribution is 6.30. The van der Waals surface area contributed by atoms with E-state index in [4.69, 9.17) is 16.3 Å². The molecule has 13 heteroatoms. The lowest BCUT2D eigenvalue weighted by atomic mass is 10.1. The molecule has 3 aromatic rings. The van der Waals surface area contributed by atoms with Crippen LogP contribution in [-0.4, -0.2) is 56.8 Å². The third-order valence-electron chi connectivity index (χ3n) is 5.69. The van der Waals surface area contributed by atoms with Gasteiger partial charge in [0.05, 0.1) is 24.9 Å². The van der Waals surface area contributed by atoms with E-state index >= 15 is 0 Å². The standard InChI is InChI=1S/C24H22ClFN6O5/c1-2-36-24(35)37-12-31-21(33)8-13(23(31)34)7-14-11-27-32-20(28-16-4-5-16)10-19(30-22(14)32)29-18-9-15(25)3-6-17(18)26/h3,6-7,9-11,16,28H,2,4-5,8,12H2,1H3,(H,29,30)/b13-7+. The quantitative estimate of drug-likeness (QED) is 0.252. The van der Waals surface area contributed by atoms with Crippen molar-refractivity contribution in [3.05, 3.63) is 52.4 Å². The summed E-state index contributed by atoms with van der Waals surface area (Å²) in [5.74, 6) is -0.658. The number of halogens is 2. The van der Waals surface area contributed by atoms with Gasteiger partial charge >= 0.3 is 6.16 Å². The average Bonchev–Trinajstić information content (AvgIpc) is 3.52. The lowest BCUT2D eigenvalue weighted by molar-refractivity contribution is -0.142. The number of rotatable bonds is 8. The summed E-state index contributed by atoms with van der Waals surface area (Å²) in [7, 11) is 0. The molecule has 192 valence electrons. The third-order valence-corrected chi connectivity index (χ3v) is 5.92. The first kappa shape index (κ1) is 24.5. The van der Waals surface area contributed by atoms with Gasteiger partial charge in [0.1, 0.15) is 17.5 Å². The molecule has 2 N–H and O–H groups in total. The van der Waals surface area contributed by atoms with Gasteiger partial charge < -0.3 is 20.1 Å². The first-order chi connectivity index (χ1) is 17.8. The van der Waals surface area contributed by atoms with Gasteiger partial charge in [0.2, 0.25) is 5.91 Å². The first-order valence-corrected chi connectivity index (χ1v) is 11.9. The lowest BCUT2D eigenvalue weighted by Gasteiger charge is -2.13. The van der Waals surface area contributed by atoms with Crippen molar-refractivity contribution in [3.63, 3.8) is 0 Å². The minimum Gasteiger partial charge on any atom is -0.435 e. The van der Waals surface area contributed by atoms with Crippen molar-refractivity contribution in [3.8, 4) is 0 Å². The summed E-state index contributed by atoms with van der Waals surface area (Å²) >= 11 is 6.02. The SMILES string of the molecule is CCOC(=O)OCN1C(=O)C/C(=C\c2cnn3c(NC4CC4)cc(Nc4cc(Cl)ccc4F)nc23)C1=O. The van der Waals surface area contributed by atoms with E-state index in [9.17, 15) is 18.8 Å². The summed E-state index contributed by atoms with van der Waals surface area (Å²) in [6.07, 6.45) is 3.90. The van der Waals surface area contributed by atoms with Crippen molar-refractivity contribution in [1.29, 1.82) is 0 Å². The fourth-order valence-electron chi connectivity index (χ4n) is 3.75. The number of hydrogen-bond donors (Lipinski definition) is 2. The minimum absolute atomic E-state index is 0.103. The van der Waals surface area contributed by atoms with Gasteiger partial charge in [-0.15, -0.1) is 0 Å². The normalized spacial score (nSPS) is 16.5. The second kappa shape index (κ2) is 10.1. The molecule has 37 heavy (non-hydrogen) atoms. The predicted molar refractivity (Wildman–Crippen MR) is 132 cm³/mol. The summed E-state index contributed by atoms with van der Waals surface area (Å²) in [5.41, 5.74) is 1.18. The van der Waals surface area contributed by atoms with E-state index in [1.54, 1.807) is 17.5 Å². The van der Waals surface area contributed by atoms with Gasteiger partial charge in [0.15, 0.2) is 12.4 Å². The number of fused-ring (bicyclic) bond motifs is 1. The predicted octanol–water partition coefficient (Wildman–Crippen LogP) is 4.11. The second-order valence-electron chi connectivity index (χ2n) is 8.46.